The highest BCUT2D eigenvalue weighted by Crippen LogP contribution is 2.32. The molecule has 0 rings (SSSR count). The average Bonchev–Trinajstić information content (AvgIpc) is 2.78. The molecule has 0 radical (unpaired) electrons. The molecule has 0 aromatic rings. The number of hydrogen-bond donors (Lipinski definition) is 0. The van der Waals surface area contributed by atoms with Crippen LogP contribution in [-0.4, -0.2) is 33.2 Å². The first-order valence-electron chi connectivity index (χ1n) is 14.9. The van der Waals surface area contributed by atoms with E-state index in [1.165, 1.54) is 51.4 Å². The highest BCUT2D eigenvalue weighted by Gasteiger charge is 2.39. The van der Waals surface area contributed by atoms with Crippen molar-refractivity contribution in [3.05, 3.63) is 0 Å². The minimum atomic E-state index is -1.93. The lowest BCUT2D eigenvalue weighted by molar-refractivity contribution is -0.150. The summed E-state index contributed by atoms with van der Waals surface area (Å²) in [4.78, 5) is 25.6. The van der Waals surface area contributed by atoms with Crippen molar-refractivity contribution in [2.75, 3.05) is 13.2 Å². The van der Waals surface area contributed by atoms with E-state index < -0.39 is 8.07 Å². The Hall–Kier alpha value is -0.843. The van der Waals surface area contributed by atoms with Crippen molar-refractivity contribution >= 4 is 20.0 Å². The molecule has 35 heavy (non-hydrogen) atoms. The summed E-state index contributed by atoms with van der Waals surface area (Å²) in [5.74, 6) is 1.16. The topological polar surface area (TPSA) is 52.6 Å². The van der Waals surface area contributed by atoms with Crippen LogP contribution < -0.4 is 0 Å². The summed E-state index contributed by atoms with van der Waals surface area (Å²) in [5, 5.41) is 0. The summed E-state index contributed by atoms with van der Waals surface area (Å²) < 4.78 is 11.2. The van der Waals surface area contributed by atoms with Gasteiger partial charge in [0.1, 0.15) is 0 Å². The quantitative estimate of drug-likeness (QED) is 0.0777. The van der Waals surface area contributed by atoms with E-state index in [4.69, 9.17) is 9.47 Å². The molecule has 0 amide bonds. The molecule has 0 heterocycles. The van der Waals surface area contributed by atoms with E-state index in [2.05, 4.69) is 47.7 Å². The Labute approximate surface area is 219 Å². The van der Waals surface area contributed by atoms with Crippen LogP contribution in [0.4, 0.5) is 0 Å². The monoisotopic (exact) mass is 512 g/mol. The minimum absolute atomic E-state index is 0.167. The molecule has 0 aliphatic rings. The van der Waals surface area contributed by atoms with Gasteiger partial charge in [-0.3, -0.25) is 9.59 Å². The van der Waals surface area contributed by atoms with Gasteiger partial charge in [0.25, 0.3) is 0 Å². The van der Waals surface area contributed by atoms with E-state index in [0.717, 1.165) is 56.4 Å². The van der Waals surface area contributed by atoms with Crippen LogP contribution in [-0.2, 0) is 19.1 Å². The van der Waals surface area contributed by atoms with E-state index >= 15 is 0 Å². The maximum Gasteiger partial charge on any atom is 0.306 e. The van der Waals surface area contributed by atoms with Gasteiger partial charge >= 0.3 is 11.9 Å². The molecule has 0 aromatic heterocycles. The van der Waals surface area contributed by atoms with Gasteiger partial charge in [0, 0.05) is 0 Å². The van der Waals surface area contributed by atoms with E-state index in [1.54, 1.807) is 0 Å². The highest BCUT2D eigenvalue weighted by atomic mass is 28.3. The molecule has 0 fully saturated rings. The summed E-state index contributed by atoms with van der Waals surface area (Å²) in [5.41, 5.74) is -0.302. The molecule has 0 saturated heterocycles. The molecule has 208 valence electrons. The first kappa shape index (κ1) is 34.2. The molecule has 0 aliphatic carbocycles. The molecule has 5 heteroatoms. The molecule has 0 N–H and O–H groups in total. The van der Waals surface area contributed by atoms with Crippen molar-refractivity contribution in [3.8, 4) is 0 Å². The molecule has 4 nitrogen and oxygen atoms in total. The number of esters is 2. The molecule has 0 bridgehead atoms. The van der Waals surface area contributed by atoms with Crippen molar-refractivity contribution in [2.45, 2.75) is 156 Å². The molecular formula is C30H60O4Si. The smallest absolute Gasteiger partial charge is 0.306 e. The third kappa shape index (κ3) is 20.0. The molecule has 1 atom stereocenters. The highest BCUT2D eigenvalue weighted by molar-refractivity contribution is 6.81. The van der Waals surface area contributed by atoms with Crippen LogP contribution in [0.1, 0.15) is 131 Å². The van der Waals surface area contributed by atoms with Crippen LogP contribution in [0, 0.1) is 11.8 Å². The Balaban J connectivity index is 4.40. The second kappa shape index (κ2) is 21.3. The van der Waals surface area contributed by atoms with Crippen LogP contribution in [0.15, 0.2) is 0 Å². The lowest BCUT2D eigenvalue weighted by Crippen LogP contribution is -2.39. The average molecular weight is 513 g/mol. The van der Waals surface area contributed by atoms with Gasteiger partial charge < -0.3 is 9.47 Å². The van der Waals surface area contributed by atoms with Crippen LogP contribution in [0.3, 0.4) is 0 Å². The lowest BCUT2D eigenvalue weighted by Gasteiger charge is -2.30. The Bertz CT molecular complexity index is 530. The van der Waals surface area contributed by atoms with Gasteiger partial charge in [0.2, 0.25) is 0 Å². The van der Waals surface area contributed by atoms with Gasteiger partial charge in [-0.05, 0) is 24.7 Å². The summed E-state index contributed by atoms with van der Waals surface area (Å²) in [7, 11) is -1.93. The van der Waals surface area contributed by atoms with Gasteiger partial charge in [-0.1, -0.05) is 131 Å². The zero-order chi connectivity index (χ0) is 26.5. The van der Waals surface area contributed by atoms with E-state index in [1.807, 2.05) is 0 Å². The van der Waals surface area contributed by atoms with Crippen molar-refractivity contribution in [3.63, 3.8) is 0 Å². The molecule has 0 aliphatic heterocycles. The predicted octanol–water partition coefficient (Wildman–Crippen LogP) is 9.33. The van der Waals surface area contributed by atoms with Crippen molar-refractivity contribution < 1.29 is 19.1 Å². The molecule has 0 saturated carbocycles. The minimum Gasteiger partial charge on any atom is -0.466 e. The van der Waals surface area contributed by atoms with Gasteiger partial charge in [-0.15, -0.1) is 0 Å². The summed E-state index contributed by atoms with van der Waals surface area (Å²) in [6.07, 6.45) is 16.5. The van der Waals surface area contributed by atoms with Gasteiger partial charge in [0.05, 0.1) is 33.2 Å². The number of ether oxygens (including phenoxy) is 2. The molecule has 0 aromatic carbocycles. The Morgan fingerprint density at radius 3 is 1.60 bits per heavy atom. The summed E-state index contributed by atoms with van der Waals surface area (Å²) >= 11 is 0. The predicted molar refractivity (Wildman–Crippen MR) is 153 cm³/mol. The second-order valence-electron chi connectivity index (χ2n) is 12.1. The molecular weight excluding hydrogens is 452 g/mol. The number of carbonyl (C=O) groups is 2. The van der Waals surface area contributed by atoms with Gasteiger partial charge in [-0.25, -0.2) is 0 Å². The number of carbonyl (C=O) groups excluding carboxylic acids is 2. The number of rotatable bonds is 23. The molecule has 0 spiro atoms. The largest absolute Gasteiger partial charge is 0.466 e. The van der Waals surface area contributed by atoms with Crippen molar-refractivity contribution in [1.29, 1.82) is 0 Å². The Morgan fingerprint density at radius 2 is 1.11 bits per heavy atom. The SMILES string of the molecule is CCCC[Si](C)(C)C(CC(=O)OCCCCCCCC(C)C)C(=O)OCCCCCCCC(C)C. The lowest BCUT2D eigenvalue weighted by atomic mass is 10.0. The first-order chi connectivity index (χ1) is 16.6. The van der Waals surface area contributed by atoms with Crippen LogP contribution in [0.25, 0.3) is 0 Å². The number of unbranched alkanes of at least 4 members (excludes halogenated alkanes) is 9. The summed E-state index contributed by atoms with van der Waals surface area (Å²) in [6.45, 7) is 16.7. The Kier molecular flexibility index (Phi) is 20.7. The van der Waals surface area contributed by atoms with Crippen LogP contribution in [0.2, 0.25) is 24.7 Å². The van der Waals surface area contributed by atoms with Crippen molar-refractivity contribution in [2.24, 2.45) is 11.8 Å². The van der Waals surface area contributed by atoms with Crippen molar-refractivity contribution in [1.82, 2.24) is 0 Å². The third-order valence-electron chi connectivity index (χ3n) is 7.13. The second-order valence-corrected chi connectivity index (χ2v) is 17.3. The van der Waals surface area contributed by atoms with E-state index in [9.17, 15) is 9.59 Å². The zero-order valence-corrected chi connectivity index (χ0v) is 25.6. The van der Waals surface area contributed by atoms with Crippen LogP contribution >= 0.6 is 0 Å². The summed E-state index contributed by atoms with van der Waals surface area (Å²) in [6, 6.07) is 1.04. The zero-order valence-electron chi connectivity index (χ0n) is 24.6. The number of hydrogen-bond acceptors (Lipinski definition) is 4. The fourth-order valence-electron chi connectivity index (χ4n) is 4.54. The fraction of sp³-hybridized carbons (Fsp3) is 0.933. The Morgan fingerprint density at radius 1 is 0.657 bits per heavy atom. The van der Waals surface area contributed by atoms with E-state index in [-0.39, 0.29) is 23.9 Å². The fourth-order valence-corrected chi connectivity index (χ4v) is 7.59. The van der Waals surface area contributed by atoms with Gasteiger partial charge in [0.15, 0.2) is 0 Å². The first-order valence-corrected chi connectivity index (χ1v) is 18.2. The maximum atomic E-state index is 13.0. The normalized spacial score (nSPS) is 12.8. The third-order valence-corrected chi connectivity index (χ3v) is 11.1. The molecule has 1 unspecified atom stereocenters. The standard InChI is InChI=1S/C30H60O4Si/c1-8-9-24-35(6,7)28(30(32)34-23-19-15-11-13-17-21-27(4)5)25-29(31)33-22-18-14-10-12-16-20-26(2)3/h26-28H,8-25H2,1-7H3. The van der Waals surface area contributed by atoms with Crippen LogP contribution in [0.5, 0.6) is 0 Å². The van der Waals surface area contributed by atoms with Gasteiger partial charge in [-0.2, -0.15) is 0 Å². The van der Waals surface area contributed by atoms with E-state index in [0.29, 0.717) is 13.2 Å². The maximum absolute atomic E-state index is 13.0.